The summed E-state index contributed by atoms with van der Waals surface area (Å²) in [6.45, 7) is 0. The molecule has 0 atom stereocenters. The van der Waals surface area contributed by atoms with Crippen molar-refractivity contribution in [2.75, 3.05) is 0 Å². The number of nitrogens with zero attached hydrogens (tertiary/aromatic N) is 2. The standard InChI is InChI=1S/C30H20N2/c1-32-28-15-5-4-14-27(28)31-30(32)20-9-6-8-19(18-20)21-16-17-26-23-11-3-2-10-22(23)25-13-7-12-24(21)29(25)26/h2-18H,1H3. The summed E-state index contributed by atoms with van der Waals surface area (Å²) in [6.07, 6.45) is 0. The van der Waals surface area contributed by atoms with Gasteiger partial charge in [0, 0.05) is 12.6 Å². The van der Waals surface area contributed by atoms with Crippen LogP contribution in [0.3, 0.4) is 0 Å². The third-order valence-corrected chi connectivity index (χ3v) is 6.77. The minimum atomic E-state index is 0.992. The lowest BCUT2D eigenvalue weighted by Gasteiger charge is -2.11. The summed E-state index contributed by atoms with van der Waals surface area (Å²) in [5.74, 6) is 0.992. The molecule has 2 nitrogen and oxygen atoms in total. The fraction of sp³-hybridized carbons (Fsp3) is 0.0333. The van der Waals surface area contributed by atoms with Crippen LogP contribution < -0.4 is 0 Å². The van der Waals surface area contributed by atoms with Crippen molar-refractivity contribution in [3.63, 3.8) is 0 Å². The third kappa shape index (κ3) is 2.32. The molecular weight excluding hydrogens is 388 g/mol. The Morgan fingerprint density at radius 1 is 0.562 bits per heavy atom. The summed E-state index contributed by atoms with van der Waals surface area (Å²) in [5, 5.41) is 2.66. The second-order valence-electron chi connectivity index (χ2n) is 8.50. The molecule has 0 radical (unpaired) electrons. The van der Waals surface area contributed by atoms with E-state index in [2.05, 4.69) is 109 Å². The lowest BCUT2D eigenvalue weighted by Crippen LogP contribution is -1.93. The molecule has 0 amide bonds. The smallest absolute Gasteiger partial charge is 0.140 e. The van der Waals surface area contributed by atoms with Gasteiger partial charge in [0.1, 0.15) is 5.82 Å². The highest BCUT2D eigenvalue weighted by Crippen LogP contribution is 2.49. The zero-order valence-electron chi connectivity index (χ0n) is 17.7. The van der Waals surface area contributed by atoms with E-state index in [1.807, 2.05) is 6.07 Å². The number of rotatable bonds is 2. The maximum absolute atomic E-state index is 4.91. The molecule has 0 fully saturated rings. The molecule has 0 saturated heterocycles. The molecule has 32 heavy (non-hydrogen) atoms. The van der Waals surface area contributed by atoms with E-state index in [0.717, 1.165) is 22.4 Å². The molecule has 1 aliphatic carbocycles. The van der Waals surface area contributed by atoms with Gasteiger partial charge in [0.15, 0.2) is 0 Å². The average Bonchev–Trinajstić information content (AvgIpc) is 3.36. The topological polar surface area (TPSA) is 17.8 Å². The normalized spacial score (nSPS) is 11.9. The molecule has 5 aromatic carbocycles. The van der Waals surface area contributed by atoms with Crippen molar-refractivity contribution < 1.29 is 0 Å². The SMILES string of the molecule is Cn1c(-c2cccc(-c3ccc4c5c(cccc35)-c3ccccc3-4)c2)nc2ccccc21. The summed E-state index contributed by atoms with van der Waals surface area (Å²) in [5.41, 5.74) is 11.1. The first kappa shape index (κ1) is 17.5. The van der Waals surface area contributed by atoms with Gasteiger partial charge in [0.05, 0.1) is 11.0 Å². The number of benzene rings is 5. The van der Waals surface area contributed by atoms with Gasteiger partial charge in [-0.05, 0) is 62.4 Å². The van der Waals surface area contributed by atoms with E-state index in [0.29, 0.717) is 0 Å². The lowest BCUT2D eigenvalue weighted by atomic mass is 9.93. The van der Waals surface area contributed by atoms with Gasteiger partial charge in [-0.1, -0.05) is 84.9 Å². The number of imidazole rings is 1. The molecule has 0 spiro atoms. The van der Waals surface area contributed by atoms with Crippen LogP contribution in [0, 0.1) is 0 Å². The van der Waals surface area contributed by atoms with Gasteiger partial charge < -0.3 is 4.57 Å². The Kier molecular flexibility index (Phi) is 3.51. The van der Waals surface area contributed by atoms with Crippen molar-refractivity contribution in [2.45, 2.75) is 0 Å². The van der Waals surface area contributed by atoms with Crippen LogP contribution in [-0.4, -0.2) is 9.55 Å². The molecule has 7 rings (SSSR count). The Morgan fingerprint density at radius 3 is 2.06 bits per heavy atom. The summed E-state index contributed by atoms with van der Waals surface area (Å²) in [7, 11) is 2.09. The van der Waals surface area contributed by atoms with Crippen LogP contribution in [0.15, 0.2) is 103 Å². The number of para-hydroxylation sites is 2. The summed E-state index contributed by atoms with van der Waals surface area (Å²) in [6, 6.07) is 37.0. The molecule has 0 saturated carbocycles. The van der Waals surface area contributed by atoms with Crippen LogP contribution in [0.2, 0.25) is 0 Å². The fourth-order valence-electron chi connectivity index (χ4n) is 5.29. The predicted octanol–water partition coefficient (Wildman–Crippen LogP) is 7.71. The first-order chi connectivity index (χ1) is 15.8. The average molecular weight is 409 g/mol. The molecule has 6 aromatic rings. The molecule has 2 heteroatoms. The van der Waals surface area contributed by atoms with Gasteiger partial charge >= 0.3 is 0 Å². The molecule has 1 aromatic heterocycles. The van der Waals surface area contributed by atoms with Crippen LogP contribution >= 0.6 is 0 Å². The Bertz CT molecular complexity index is 1660. The zero-order chi connectivity index (χ0) is 21.2. The fourth-order valence-corrected chi connectivity index (χ4v) is 5.29. The molecule has 0 N–H and O–H groups in total. The predicted molar refractivity (Wildman–Crippen MR) is 134 cm³/mol. The quantitative estimate of drug-likeness (QED) is 0.286. The summed E-state index contributed by atoms with van der Waals surface area (Å²) >= 11 is 0. The Morgan fingerprint density at radius 2 is 1.22 bits per heavy atom. The highest BCUT2D eigenvalue weighted by Gasteiger charge is 2.22. The number of hydrogen-bond acceptors (Lipinski definition) is 1. The third-order valence-electron chi connectivity index (χ3n) is 6.77. The van der Waals surface area contributed by atoms with E-state index in [1.165, 1.54) is 44.2 Å². The second kappa shape index (κ2) is 6.41. The van der Waals surface area contributed by atoms with Crippen LogP contribution in [0.5, 0.6) is 0 Å². The molecule has 0 bridgehead atoms. The first-order valence-corrected chi connectivity index (χ1v) is 11.0. The molecule has 1 aliphatic rings. The van der Waals surface area contributed by atoms with Gasteiger partial charge in [-0.3, -0.25) is 0 Å². The maximum atomic E-state index is 4.91. The van der Waals surface area contributed by atoms with E-state index in [1.54, 1.807) is 0 Å². The molecule has 150 valence electrons. The highest BCUT2D eigenvalue weighted by molar-refractivity contribution is 6.18. The van der Waals surface area contributed by atoms with Crippen molar-refractivity contribution in [1.29, 1.82) is 0 Å². The molecule has 1 heterocycles. The first-order valence-electron chi connectivity index (χ1n) is 11.0. The van der Waals surface area contributed by atoms with Crippen LogP contribution in [0.4, 0.5) is 0 Å². The maximum Gasteiger partial charge on any atom is 0.140 e. The van der Waals surface area contributed by atoms with Gasteiger partial charge in [0.2, 0.25) is 0 Å². The number of aromatic nitrogens is 2. The van der Waals surface area contributed by atoms with Crippen LogP contribution in [0.1, 0.15) is 0 Å². The van der Waals surface area contributed by atoms with Crippen LogP contribution in [0.25, 0.3) is 66.6 Å². The summed E-state index contributed by atoms with van der Waals surface area (Å²) in [4.78, 5) is 4.91. The van der Waals surface area contributed by atoms with Crippen molar-refractivity contribution >= 4 is 21.8 Å². The van der Waals surface area contributed by atoms with Gasteiger partial charge in [0.25, 0.3) is 0 Å². The molecule has 0 unspecified atom stereocenters. The monoisotopic (exact) mass is 408 g/mol. The van der Waals surface area contributed by atoms with Gasteiger partial charge in [-0.25, -0.2) is 4.98 Å². The van der Waals surface area contributed by atoms with Crippen molar-refractivity contribution in [3.8, 4) is 44.8 Å². The van der Waals surface area contributed by atoms with E-state index < -0.39 is 0 Å². The van der Waals surface area contributed by atoms with E-state index in [9.17, 15) is 0 Å². The molecular formula is C30H20N2. The van der Waals surface area contributed by atoms with E-state index >= 15 is 0 Å². The number of aryl methyl sites for hydroxylation is 1. The van der Waals surface area contributed by atoms with Crippen molar-refractivity contribution in [1.82, 2.24) is 9.55 Å². The van der Waals surface area contributed by atoms with Crippen molar-refractivity contribution in [2.24, 2.45) is 7.05 Å². The lowest BCUT2D eigenvalue weighted by molar-refractivity contribution is 0.959. The Balaban J connectivity index is 1.44. The minimum absolute atomic E-state index is 0.992. The Hall–Kier alpha value is -4.17. The second-order valence-corrected chi connectivity index (χ2v) is 8.50. The van der Waals surface area contributed by atoms with Gasteiger partial charge in [-0.15, -0.1) is 0 Å². The van der Waals surface area contributed by atoms with Gasteiger partial charge in [-0.2, -0.15) is 0 Å². The molecule has 0 aliphatic heterocycles. The largest absolute Gasteiger partial charge is 0.327 e. The van der Waals surface area contributed by atoms with Crippen LogP contribution in [-0.2, 0) is 7.05 Å². The van der Waals surface area contributed by atoms with E-state index in [-0.39, 0.29) is 0 Å². The van der Waals surface area contributed by atoms with E-state index in [4.69, 9.17) is 4.98 Å². The zero-order valence-corrected chi connectivity index (χ0v) is 17.7. The highest BCUT2D eigenvalue weighted by atomic mass is 15.1. The Labute approximate surface area is 186 Å². The summed E-state index contributed by atoms with van der Waals surface area (Å²) < 4.78 is 2.18. The number of hydrogen-bond donors (Lipinski definition) is 0. The number of fused-ring (bicyclic) bond motifs is 4. The minimum Gasteiger partial charge on any atom is -0.327 e. The van der Waals surface area contributed by atoms with Crippen molar-refractivity contribution in [3.05, 3.63) is 103 Å².